The molecule has 128 valence electrons. The van der Waals surface area contributed by atoms with E-state index in [0.717, 1.165) is 10.8 Å². The number of benzene rings is 2. The molecule has 4 nitrogen and oxygen atoms in total. The molecule has 0 radical (unpaired) electrons. The predicted octanol–water partition coefficient (Wildman–Crippen LogP) is 3.10. The van der Waals surface area contributed by atoms with E-state index in [0.29, 0.717) is 18.4 Å². The molecule has 3 rings (SSSR count). The fourth-order valence-corrected chi connectivity index (χ4v) is 3.93. The third-order valence-electron chi connectivity index (χ3n) is 4.96. The van der Waals surface area contributed by atoms with Gasteiger partial charge in [0.25, 0.3) is 0 Å². The van der Waals surface area contributed by atoms with Crippen molar-refractivity contribution in [3.05, 3.63) is 53.2 Å². The fourth-order valence-electron chi connectivity index (χ4n) is 3.93. The number of fused-ring (bicyclic) bond motifs is 1. The molecular weight excluding hydrogens is 302 g/mol. The molecule has 1 fully saturated rings. The molecular formula is C20H25NO3. The van der Waals surface area contributed by atoms with Crippen molar-refractivity contribution in [1.82, 2.24) is 0 Å². The summed E-state index contributed by atoms with van der Waals surface area (Å²) < 4.78 is 5.75. The highest BCUT2D eigenvalue weighted by Crippen LogP contribution is 2.27. The van der Waals surface area contributed by atoms with Gasteiger partial charge in [-0.2, -0.15) is 0 Å². The summed E-state index contributed by atoms with van der Waals surface area (Å²) in [6.45, 7) is 7.75. The van der Waals surface area contributed by atoms with Crippen molar-refractivity contribution >= 4 is 16.7 Å². The number of hydrogen-bond donors (Lipinski definition) is 1. The van der Waals surface area contributed by atoms with Crippen molar-refractivity contribution in [2.45, 2.75) is 57.7 Å². The van der Waals surface area contributed by atoms with Crippen LogP contribution in [0.4, 0.5) is 0 Å². The van der Waals surface area contributed by atoms with Crippen molar-refractivity contribution in [3.8, 4) is 0 Å². The molecule has 0 unspecified atom stereocenters. The quantitative estimate of drug-likeness (QED) is 0.681. The van der Waals surface area contributed by atoms with Gasteiger partial charge in [-0.25, -0.2) is 4.79 Å². The van der Waals surface area contributed by atoms with E-state index in [4.69, 9.17) is 4.74 Å². The van der Waals surface area contributed by atoms with Crippen LogP contribution in [0.25, 0.3) is 10.8 Å². The number of carbonyl (C=O) groups is 1. The number of nitrogens with one attached hydrogen (secondary N) is 1. The molecule has 1 aliphatic heterocycles. The Balaban J connectivity index is 1.78. The zero-order valence-electron chi connectivity index (χ0n) is 14.8. The first-order chi connectivity index (χ1) is 11.2. The molecule has 1 saturated heterocycles. The zero-order chi connectivity index (χ0) is 17.5. The topological polar surface area (TPSA) is 53.8 Å². The van der Waals surface area contributed by atoms with Gasteiger partial charge in [0.2, 0.25) is 0 Å². The van der Waals surface area contributed by atoms with Gasteiger partial charge in [-0.3, -0.25) is 0 Å². The molecule has 0 bridgehead atoms. The average molecular weight is 327 g/mol. The number of piperidine rings is 1. The van der Waals surface area contributed by atoms with Crippen molar-refractivity contribution in [2.24, 2.45) is 0 Å². The van der Waals surface area contributed by atoms with E-state index >= 15 is 0 Å². The molecule has 0 saturated carbocycles. The highest BCUT2D eigenvalue weighted by atomic mass is 16.5. The van der Waals surface area contributed by atoms with Crippen LogP contribution in [-0.4, -0.2) is 23.2 Å². The molecule has 0 amide bonds. The Morgan fingerprint density at radius 3 is 2.25 bits per heavy atom. The molecule has 1 aliphatic rings. The summed E-state index contributed by atoms with van der Waals surface area (Å²) in [7, 11) is 0. The van der Waals surface area contributed by atoms with Crippen LogP contribution < -0.4 is 5.06 Å². The lowest BCUT2D eigenvalue weighted by Crippen LogP contribution is -3.23. The summed E-state index contributed by atoms with van der Waals surface area (Å²) >= 11 is 0. The first kappa shape index (κ1) is 16.9. The molecule has 4 heteroatoms. The summed E-state index contributed by atoms with van der Waals surface area (Å²) in [4.78, 5) is 12.6. The van der Waals surface area contributed by atoms with E-state index in [1.807, 2.05) is 64.1 Å². The van der Waals surface area contributed by atoms with Gasteiger partial charge in [-0.05, 0) is 50.6 Å². The van der Waals surface area contributed by atoms with E-state index in [9.17, 15) is 10.0 Å². The van der Waals surface area contributed by atoms with Crippen LogP contribution in [0.3, 0.4) is 0 Å². The minimum absolute atomic E-state index is 0.230. The largest absolute Gasteiger partial charge is 0.634 e. The monoisotopic (exact) mass is 327 g/mol. The number of quaternary nitrogens is 1. The van der Waals surface area contributed by atoms with Gasteiger partial charge in [-0.1, -0.05) is 30.3 Å². The smallest absolute Gasteiger partial charge is 0.338 e. The zero-order valence-corrected chi connectivity index (χ0v) is 14.8. The lowest BCUT2D eigenvalue weighted by atomic mass is 9.80. The average Bonchev–Trinajstić information content (AvgIpc) is 2.51. The Kier molecular flexibility index (Phi) is 4.14. The summed E-state index contributed by atoms with van der Waals surface area (Å²) in [5.41, 5.74) is -0.368. The fraction of sp³-hybridized carbons (Fsp3) is 0.450. The lowest BCUT2D eigenvalue weighted by molar-refractivity contribution is -0.956. The van der Waals surface area contributed by atoms with Gasteiger partial charge in [-0.15, -0.1) is 0 Å². The van der Waals surface area contributed by atoms with E-state index in [2.05, 4.69) is 0 Å². The first-order valence-electron chi connectivity index (χ1n) is 8.44. The van der Waals surface area contributed by atoms with E-state index < -0.39 is 11.1 Å². The number of hydroxylamine groups is 2. The molecule has 1 N–H and O–H groups in total. The van der Waals surface area contributed by atoms with Gasteiger partial charge >= 0.3 is 5.97 Å². The number of ether oxygens (including phenoxy) is 1. The standard InChI is InChI=1S/C20H25NO3/c1-19(2)12-17(13-20(3,4)21(19)23)24-18(22)16-10-9-14-7-5-6-8-15(14)11-16/h5-11,17,21H,12-13H2,1-4H3. The van der Waals surface area contributed by atoms with Gasteiger partial charge in [0.05, 0.1) is 16.6 Å². The van der Waals surface area contributed by atoms with Crippen molar-refractivity contribution in [2.75, 3.05) is 0 Å². The molecule has 0 atom stereocenters. The highest BCUT2D eigenvalue weighted by Gasteiger charge is 2.46. The second-order valence-corrected chi connectivity index (χ2v) is 8.09. The van der Waals surface area contributed by atoms with Crippen LogP contribution in [0.2, 0.25) is 0 Å². The summed E-state index contributed by atoms with van der Waals surface area (Å²) in [6, 6.07) is 13.5. The van der Waals surface area contributed by atoms with Crippen LogP contribution in [0, 0.1) is 5.21 Å². The molecule has 2 aromatic rings. The third-order valence-corrected chi connectivity index (χ3v) is 4.96. The molecule has 24 heavy (non-hydrogen) atoms. The maximum absolute atomic E-state index is 12.6. The first-order valence-corrected chi connectivity index (χ1v) is 8.44. The summed E-state index contributed by atoms with van der Waals surface area (Å²) in [5, 5.41) is 14.8. The molecule has 2 aromatic carbocycles. The third kappa shape index (κ3) is 3.17. The van der Waals surface area contributed by atoms with Gasteiger partial charge in [0.1, 0.15) is 6.10 Å². The lowest BCUT2D eigenvalue weighted by Gasteiger charge is -2.54. The Morgan fingerprint density at radius 2 is 1.62 bits per heavy atom. The minimum atomic E-state index is -0.462. The molecule has 0 spiro atoms. The van der Waals surface area contributed by atoms with Gasteiger partial charge in [0, 0.05) is 12.8 Å². The number of hydrogen-bond acceptors (Lipinski definition) is 3. The minimum Gasteiger partial charge on any atom is -0.634 e. The Bertz CT molecular complexity index is 748. The molecule has 0 aliphatic carbocycles. The van der Waals surface area contributed by atoms with Crippen molar-refractivity contribution in [1.29, 1.82) is 0 Å². The summed E-state index contributed by atoms with van der Waals surface area (Å²) in [5.74, 6) is -0.313. The van der Waals surface area contributed by atoms with E-state index in [1.165, 1.54) is 0 Å². The second kappa shape index (κ2) is 5.87. The van der Waals surface area contributed by atoms with Gasteiger partial charge in [0.15, 0.2) is 0 Å². The maximum atomic E-state index is 12.6. The highest BCUT2D eigenvalue weighted by molar-refractivity contribution is 5.95. The number of carbonyl (C=O) groups excluding carboxylic acids is 1. The van der Waals surface area contributed by atoms with E-state index in [-0.39, 0.29) is 17.1 Å². The van der Waals surface area contributed by atoms with Crippen LogP contribution >= 0.6 is 0 Å². The summed E-state index contributed by atoms with van der Waals surface area (Å²) in [6.07, 6.45) is 0.926. The Labute approximate surface area is 143 Å². The van der Waals surface area contributed by atoms with Crippen LogP contribution in [0.15, 0.2) is 42.5 Å². The SMILES string of the molecule is CC1(C)CC(OC(=O)c2ccc3ccccc3c2)CC(C)(C)[NH+]1[O-]. The molecule has 0 aromatic heterocycles. The Morgan fingerprint density at radius 1 is 1.04 bits per heavy atom. The predicted molar refractivity (Wildman–Crippen MR) is 94.9 cm³/mol. The van der Waals surface area contributed by atoms with Crippen molar-refractivity contribution in [3.63, 3.8) is 0 Å². The Hall–Kier alpha value is -1.91. The second-order valence-electron chi connectivity index (χ2n) is 8.09. The number of esters is 1. The van der Waals surface area contributed by atoms with Crippen LogP contribution in [0.5, 0.6) is 0 Å². The number of rotatable bonds is 2. The van der Waals surface area contributed by atoms with Gasteiger partial charge < -0.3 is 15.0 Å². The molecule has 1 heterocycles. The van der Waals surface area contributed by atoms with Crippen LogP contribution in [0.1, 0.15) is 50.9 Å². The normalized spacial score (nSPS) is 25.4. The van der Waals surface area contributed by atoms with Crippen molar-refractivity contribution < 1.29 is 14.6 Å². The van der Waals surface area contributed by atoms with Crippen LogP contribution in [-0.2, 0) is 4.74 Å². The maximum Gasteiger partial charge on any atom is 0.338 e. The van der Waals surface area contributed by atoms with E-state index in [1.54, 1.807) is 6.07 Å².